The van der Waals surface area contributed by atoms with Crippen LogP contribution in [0.2, 0.25) is 0 Å². The van der Waals surface area contributed by atoms with Crippen LogP contribution >= 0.6 is 0 Å². The first kappa shape index (κ1) is 16.8. The Morgan fingerprint density at radius 2 is 1.70 bits per heavy atom. The van der Waals surface area contributed by atoms with E-state index in [0.29, 0.717) is 0 Å². The van der Waals surface area contributed by atoms with Gasteiger partial charge in [0.05, 0.1) is 0 Å². The number of allylic oxidation sites excluding steroid dienone is 1. The Bertz CT molecular complexity index is 374. The van der Waals surface area contributed by atoms with Crippen molar-refractivity contribution in [1.82, 2.24) is 15.1 Å². The lowest BCUT2D eigenvalue weighted by Crippen LogP contribution is -2.47. The van der Waals surface area contributed by atoms with Gasteiger partial charge in [-0.05, 0) is 6.42 Å². The van der Waals surface area contributed by atoms with Crippen molar-refractivity contribution in [3.05, 3.63) is 24.6 Å². The highest BCUT2D eigenvalue weighted by molar-refractivity contribution is 5.82. The third-order valence-electron chi connectivity index (χ3n) is 3.61. The predicted octanol–water partition coefficient (Wildman–Crippen LogP) is 2.20. The zero-order valence-electron chi connectivity index (χ0n) is 13.5. The molecule has 0 bridgehead atoms. The van der Waals surface area contributed by atoms with Crippen LogP contribution in [0, 0.1) is 5.41 Å². The maximum atomic E-state index is 11.9. The minimum absolute atomic E-state index is 0.0282. The molecule has 1 aliphatic rings. The molecule has 0 atom stereocenters. The van der Waals surface area contributed by atoms with Gasteiger partial charge in [-0.15, -0.1) is 0 Å². The number of carbonyl (C=O) groups is 1. The summed E-state index contributed by atoms with van der Waals surface area (Å²) in [5.41, 5.74) is 1.62. The van der Waals surface area contributed by atoms with E-state index in [2.05, 4.69) is 35.2 Å². The molecule has 0 aromatic carbocycles. The molecule has 1 aliphatic heterocycles. The van der Waals surface area contributed by atoms with Crippen molar-refractivity contribution in [2.75, 3.05) is 32.7 Å². The quantitative estimate of drug-likeness (QED) is 0.838. The van der Waals surface area contributed by atoms with E-state index in [9.17, 15) is 4.79 Å². The summed E-state index contributed by atoms with van der Waals surface area (Å²) in [6.45, 7) is 20.6. The average Bonchev–Trinajstić information content (AvgIpc) is 2.37. The van der Waals surface area contributed by atoms with Crippen LogP contribution in [-0.4, -0.2) is 48.4 Å². The van der Waals surface area contributed by atoms with E-state index in [1.54, 1.807) is 0 Å². The highest BCUT2D eigenvalue weighted by atomic mass is 16.2. The fraction of sp³-hybridized carbons (Fsp3) is 0.688. The molecule has 0 aromatic rings. The molecule has 1 fully saturated rings. The lowest BCUT2D eigenvalue weighted by atomic mass is 9.95. The molecule has 1 rings (SSSR count). The molecule has 1 saturated heterocycles. The molecule has 1 N–H and O–H groups in total. The summed E-state index contributed by atoms with van der Waals surface area (Å²) < 4.78 is 0. The number of rotatable bonds is 5. The fourth-order valence-electron chi connectivity index (χ4n) is 2.10. The first-order valence-electron chi connectivity index (χ1n) is 7.38. The monoisotopic (exact) mass is 279 g/mol. The van der Waals surface area contributed by atoms with Crippen LogP contribution in [0.1, 0.15) is 34.1 Å². The zero-order chi connectivity index (χ0) is 15.3. The Kier molecular flexibility index (Phi) is 5.81. The van der Waals surface area contributed by atoms with Gasteiger partial charge in [-0.3, -0.25) is 9.69 Å². The summed E-state index contributed by atoms with van der Waals surface area (Å²) >= 11 is 0. The molecule has 1 amide bonds. The lowest BCUT2D eigenvalue weighted by Gasteiger charge is -2.37. The van der Waals surface area contributed by atoms with Crippen molar-refractivity contribution in [1.29, 1.82) is 0 Å². The van der Waals surface area contributed by atoms with Gasteiger partial charge in [-0.1, -0.05) is 40.9 Å². The molecule has 0 spiro atoms. The van der Waals surface area contributed by atoms with Crippen LogP contribution in [0.15, 0.2) is 24.6 Å². The topological polar surface area (TPSA) is 35.6 Å². The molecule has 0 aliphatic carbocycles. The molecule has 0 unspecified atom stereocenters. The van der Waals surface area contributed by atoms with E-state index < -0.39 is 0 Å². The van der Waals surface area contributed by atoms with E-state index in [1.165, 1.54) is 5.70 Å². The number of hydrogen-bond acceptors (Lipinski definition) is 3. The highest BCUT2D eigenvalue weighted by Crippen LogP contribution is 2.14. The standard InChI is InChI=1S/C16H29N3O/c1-7-14(3)19-10-8-18(9-11-19)12-13(2)17-15(20)16(4,5)6/h2-3,7-12H2,1,4-6H3,(H,17,20). The van der Waals surface area contributed by atoms with Gasteiger partial charge in [0.15, 0.2) is 0 Å². The Morgan fingerprint density at radius 3 is 2.15 bits per heavy atom. The number of carbonyl (C=O) groups excluding carboxylic acids is 1. The molecule has 0 aromatic heterocycles. The summed E-state index contributed by atoms with van der Waals surface area (Å²) in [7, 11) is 0. The predicted molar refractivity (Wildman–Crippen MR) is 84.2 cm³/mol. The summed E-state index contributed by atoms with van der Waals surface area (Å²) in [5.74, 6) is 0.0282. The van der Waals surface area contributed by atoms with Gasteiger partial charge in [0, 0.05) is 49.5 Å². The van der Waals surface area contributed by atoms with Gasteiger partial charge in [0.1, 0.15) is 0 Å². The maximum Gasteiger partial charge on any atom is 0.229 e. The Morgan fingerprint density at radius 1 is 1.15 bits per heavy atom. The molecular formula is C16H29N3O. The van der Waals surface area contributed by atoms with E-state index >= 15 is 0 Å². The van der Waals surface area contributed by atoms with Crippen LogP contribution in [0.5, 0.6) is 0 Å². The largest absolute Gasteiger partial charge is 0.373 e. The van der Waals surface area contributed by atoms with Crippen molar-refractivity contribution in [3.8, 4) is 0 Å². The summed E-state index contributed by atoms with van der Waals surface area (Å²) in [6.07, 6.45) is 1.01. The lowest BCUT2D eigenvalue weighted by molar-refractivity contribution is -0.127. The van der Waals surface area contributed by atoms with Gasteiger partial charge < -0.3 is 10.2 Å². The summed E-state index contributed by atoms with van der Waals surface area (Å²) in [5, 5.41) is 2.91. The zero-order valence-corrected chi connectivity index (χ0v) is 13.5. The second-order valence-corrected chi connectivity index (χ2v) is 6.49. The third kappa shape index (κ3) is 5.00. The number of piperazine rings is 1. The smallest absolute Gasteiger partial charge is 0.229 e. The molecule has 4 heteroatoms. The van der Waals surface area contributed by atoms with Gasteiger partial charge in [-0.25, -0.2) is 0 Å². The van der Waals surface area contributed by atoms with Crippen LogP contribution in [0.3, 0.4) is 0 Å². The van der Waals surface area contributed by atoms with Crippen LogP contribution in [0.25, 0.3) is 0 Å². The fourth-order valence-corrected chi connectivity index (χ4v) is 2.10. The Balaban J connectivity index is 2.35. The van der Waals surface area contributed by atoms with E-state index in [0.717, 1.165) is 44.8 Å². The second-order valence-electron chi connectivity index (χ2n) is 6.49. The highest BCUT2D eigenvalue weighted by Gasteiger charge is 2.23. The number of nitrogens with zero attached hydrogens (tertiary/aromatic N) is 2. The maximum absolute atomic E-state index is 11.9. The van der Waals surface area contributed by atoms with Gasteiger partial charge in [0.25, 0.3) is 0 Å². The van der Waals surface area contributed by atoms with Crippen molar-refractivity contribution >= 4 is 5.91 Å². The molecule has 114 valence electrons. The van der Waals surface area contributed by atoms with Crippen molar-refractivity contribution < 1.29 is 4.79 Å². The van der Waals surface area contributed by atoms with Gasteiger partial charge in [-0.2, -0.15) is 0 Å². The Hall–Kier alpha value is -1.29. The van der Waals surface area contributed by atoms with Gasteiger partial charge >= 0.3 is 0 Å². The minimum atomic E-state index is -0.374. The van der Waals surface area contributed by atoms with E-state index in [4.69, 9.17) is 0 Å². The normalized spacial score (nSPS) is 16.9. The summed E-state index contributed by atoms with van der Waals surface area (Å²) in [4.78, 5) is 16.6. The SMILES string of the molecule is C=C(CN1CCN(C(=C)CC)CC1)NC(=O)C(C)(C)C. The third-order valence-corrected chi connectivity index (χ3v) is 3.61. The van der Waals surface area contributed by atoms with Crippen LogP contribution in [0.4, 0.5) is 0 Å². The number of nitrogens with one attached hydrogen (secondary N) is 1. The molecule has 4 nitrogen and oxygen atoms in total. The van der Waals surface area contributed by atoms with Crippen molar-refractivity contribution in [3.63, 3.8) is 0 Å². The Labute approximate surface area is 123 Å². The van der Waals surface area contributed by atoms with Gasteiger partial charge in [0.2, 0.25) is 5.91 Å². The minimum Gasteiger partial charge on any atom is -0.373 e. The van der Waals surface area contributed by atoms with E-state index in [-0.39, 0.29) is 11.3 Å². The summed E-state index contributed by atoms with van der Waals surface area (Å²) in [6, 6.07) is 0. The average molecular weight is 279 g/mol. The molecular weight excluding hydrogens is 250 g/mol. The number of amides is 1. The van der Waals surface area contributed by atoms with Crippen molar-refractivity contribution in [2.24, 2.45) is 5.41 Å². The number of hydrogen-bond donors (Lipinski definition) is 1. The molecule has 0 radical (unpaired) electrons. The van der Waals surface area contributed by atoms with Crippen LogP contribution in [-0.2, 0) is 4.79 Å². The van der Waals surface area contributed by atoms with E-state index in [1.807, 2.05) is 20.8 Å². The molecule has 1 heterocycles. The first-order chi connectivity index (χ1) is 9.24. The van der Waals surface area contributed by atoms with Crippen molar-refractivity contribution in [2.45, 2.75) is 34.1 Å². The molecule has 0 saturated carbocycles. The first-order valence-corrected chi connectivity index (χ1v) is 7.38. The molecule has 20 heavy (non-hydrogen) atoms. The second kappa shape index (κ2) is 6.93. The van der Waals surface area contributed by atoms with Crippen LogP contribution < -0.4 is 5.32 Å².